The van der Waals surface area contributed by atoms with Gasteiger partial charge in [-0.25, -0.2) is 0 Å². The van der Waals surface area contributed by atoms with Crippen LogP contribution in [0.3, 0.4) is 0 Å². The van der Waals surface area contributed by atoms with Crippen molar-refractivity contribution in [1.29, 1.82) is 0 Å². The number of hydrazine groups is 1. The third-order valence-corrected chi connectivity index (χ3v) is 4.01. The fourth-order valence-electron chi connectivity index (χ4n) is 2.20. The maximum atomic E-state index is 11.8. The number of esters is 1. The predicted molar refractivity (Wildman–Crippen MR) is 107 cm³/mol. The molecule has 0 saturated carbocycles. The largest absolute Gasteiger partial charge is 0.456 e. The van der Waals surface area contributed by atoms with Gasteiger partial charge in [-0.2, -0.15) is 0 Å². The SMILES string of the molecule is Cc1ccccc1NC(=O)COC(=O)CCC(=O)NNC(=O)c1ccc(Cl)cc1. The van der Waals surface area contributed by atoms with E-state index >= 15 is 0 Å². The van der Waals surface area contributed by atoms with Crippen molar-refractivity contribution < 1.29 is 23.9 Å². The summed E-state index contributed by atoms with van der Waals surface area (Å²) in [6, 6.07) is 13.3. The van der Waals surface area contributed by atoms with Crippen molar-refractivity contribution in [3.8, 4) is 0 Å². The highest BCUT2D eigenvalue weighted by Gasteiger charge is 2.12. The quantitative estimate of drug-likeness (QED) is 0.472. The van der Waals surface area contributed by atoms with Gasteiger partial charge in [0.2, 0.25) is 5.91 Å². The van der Waals surface area contributed by atoms with Crippen molar-refractivity contribution in [1.82, 2.24) is 10.9 Å². The number of para-hydroxylation sites is 1. The van der Waals surface area contributed by atoms with Gasteiger partial charge in [0.15, 0.2) is 6.61 Å². The van der Waals surface area contributed by atoms with E-state index in [1.54, 1.807) is 24.3 Å². The van der Waals surface area contributed by atoms with Crippen molar-refractivity contribution in [3.63, 3.8) is 0 Å². The van der Waals surface area contributed by atoms with E-state index in [1.807, 2.05) is 19.1 Å². The molecule has 0 bridgehead atoms. The lowest BCUT2D eigenvalue weighted by molar-refractivity contribution is -0.148. The zero-order chi connectivity index (χ0) is 21.2. The summed E-state index contributed by atoms with van der Waals surface area (Å²) >= 11 is 5.74. The zero-order valence-corrected chi connectivity index (χ0v) is 16.4. The van der Waals surface area contributed by atoms with Gasteiger partial charge >= 0.3 is 5.97 Å². The van der Waals surface area contributed by atoms with Gasteiger partial charge in [-0.05, 0) is 42.8 Å². The second kappa shape index (κ2) is 10.8. The number of halogens is 1. The highest BCUT2D eigenvalue weighted by molar-refractivity contribution is 6.30. The minimum atomic E-state index is -0.705. The Hall–Kier alpha value is -3.39. The molecule has 0 fully saturated rings. The standard InChI is InChI=1S/C20H20ClN3O5/c1-13-4-2-3-5-16(13)22-18(26)12-29-19(27)11-10-17(25)23-24-20(28)14-6-8-15(21)9-7-14/h2-9H,10-12H2,1H3,(H,22,26)(H,23,25)(H,24,28). The number of carbonyl (C=O) groups is 4. The number of aryl methyl sites for hydroxylation is 1. The van der Waals surface area contributed by atoms with Gasteiger partial charge in [0.05, 0.1) is 6.42 Å². The summed E-state index contributed by atoms with van der Waals surface area (Å²) in [7, 11) is 0. The van der Waals surface area contributed by atoms with Crippen LogP contribution in [0.25, 0.3) is 0 Å². The number of ether oxygens (including phenoxy) is 1. The second-order valence-corrected chi connectivity index (χ2v) is 6.47. The Morgan fingerprint density at radius 2 is 1.59 bits per heavy atom. The van der Waals surface area contributed by atoms with Gasteiger partial charge in [-0.15, -0.1) is 0 Å². The van der Waals surface area contributed by atoms with Crippen LogP contribution in [0.5, 0.6) is 0 Å². The van der Waals surface area contributed by atoms with Crippen LogP contribution in [0.2, 0.25) is 5.02 Å². The summed E-state index contributed by atoms with van der Waals surface area (Å²) < 4.78 is 4.84. The molecule has 0 heterocycles. The van der Waals surface area contributed by atoms with E-state index < -0.39 is 30.3 Å². The smallest absolute Gasteiger partial charge is 0.306 e. The first-order valence-electron chi connectivity index (χ1n) is 8.71. The summed E-state index contributed by atoms with van der Waals surface area (Å²) in [4.78, 5) is 47.1. The Morgan fingerprint density at radius 1 is 0.897 bits per heavy atom. The molecule has 2 rings (SSSR count). The molecule has 29 heavy (non-hydrogen) atoms. The van der Waals surface area contributed by atoms with E-state index in [2.05, 4.69) is 16.2 Å². The van der Waals surface area contributed by atoms with E-state index in [4.69, 9.17) is 16.3 Å². The molecule has 0 radical (unpaired) electrons. The number of benzene rings is 2. The van der Waals surface area contributed by atoms with Gasteiger partial charge < -0.3 is 10.1 Å². The highest BCUT2D eigenvalue weighted by atomic mass is 35.5. The molecule has 0 aliphatic carbocycles. The molecule has 2 aromatic carbocycles. The molecule has 0 atom stereocenters. The van der Waals surface area contributed by atoms with E-state index in [9.17, 15) is 19.2 Å². The molecule has 2 aromatic rings. The Bertz CT molecular complexity index is 899. The number of hydrogen-bond donors (Lipinski definition) is 3. The molecule has 0 aliphatic rings. The monoisotopic (exact) mass is 417 g/mol. The van der Waals surface area contributed by atoms with Crippen LogP contribution in [-0.4, -0.2) is 30.3 Å². The zero-order valence-electron chi connectivity index (χ0n) is 15.7. The van der Waals surface area contributed by atoms with Crippen LogP contribution >= 0.6 is 11.6 Å². The molecule has 0 spiro atoms. The topological polar surface area (TPSA) is 114 Å². The van der Waals surface area contributed by atoms with Gasteiger partial charge in [0, 0.05) is 22.7 Å². The van der Waals surface area contributed by atoms with Crippen LogP contribution in [0.1, 0.15) is 28.8 Å². The number of anilines is 1. The highest BCUT2D eigenvalue weighted by Crippen LogP contribution is 2.12. The number of amides is 3. The molecule has 0 aliphatic heterocycles. The van der Waals surface area contributed by atoms with Crippen LogP contribution in [0.4, 0.5) is 5.69 Å². The minimum Gasteiger partial charge on any atom is -0.456 e. The molecular formula is C20H20ClN3O5. The number of hydrogen-bond acceptors (Lipinski definition) is 5. The fraction of sp³-hybridized carbons (Fsp3) is 0.200. The van der Waals surface area contributed by atoms with Crippen LogP contribution in [0.15, 0.2) is 48.5 Å². The van der Waals surface area contributed by atoms with E-state index in [0.717, 1.165) is 5.56 Å². The summed E-state index contributed by atoms with van der Waals surface area (Å²) in [6.45, 7) is 1.38. The molecule has 0 unspecified atom stereocenters. The lowest BCUT2D eigenvalue weighted by Gasteiger charge is -2.09. The normalized spacial score (nSPS) is 10.0. The fourth-order valence-corrected chi connectivity index (χ4v) is 2.32. The average molecular weight is 418 g/mol. The Labute approximate surface area is 172 Å². The van der Waals surface area contributed by atoms with Crippen LogP contribution in [0, 0.1) is 6.92 Å². The summed E-state index contributed by atoms with van der Waals surface area (Å²) in [5.74, 6) is -2.28. The van der Waals surface area contributed by atoms with Crippen molar-refractivity contribution in [2.75, 3.05) is 11.9 Å². The van der Waals surface area contributed by atoms with Crippen molar-refractivity contribution in [2.45, 2.75) is 19.8 Å². The Balaban J connectivity index is 1.64. The van der Waals surface area contributed by atoms with Crippen molar-refractivity contribution in [3.05, 3.63) is 64.7 Å². The van der Waals surface area contributed by atoms with Crippen LogP contribution < -0.4 is 16.2 Å². The Kier molecular flexibility index (Phi) is 8.17. The van der Waals surface area contributed by atoms with E-state index in [1.165, 1.54) is 12.1 Å². The average Bonchev–Trinajstić information content (AvgIpc) is 2.71. The molecule has 0 saturated heterocycles. The molecular weight excluding hydrogens is 398 g/mol. The molecule has 0 aromatic heterocycles. The van der Waals surface area contributed by atoms with E-state index in [-0.39, 0.29) is 12.8 Å². The van der Waals surface area contributed by atoms with Crippen LogP contribution in [-0.2, 0) is 19.1 Å². The van der Waals surface area contributed by atoms with Gasteiger partial charge in [0.1, 0.15) is 0 Å². The maximum Gasteiger partial charge on any atom is 0.306 e. The molecule has 3 amide bonds. The first kappa shape index (κ1) is 21.9. The summed E-state index contributed by atoms with van der Waals surface area (Å²) in [5, 5.41) is 3.11. The lowest BCUT2D eigenvalue weighted by atomic mass is 10.2. The molecule has 8 nitrogen and oxygen atoms in total. The van der Waals surface area contributed by atoms with Crippen molar-refractivity contribution >= 4 is 41.0 Å². The maximum absolute atomic E-state index is 11.8. The van der Waals surface area contributed by atoms with Gasteiger partial charge in [-0.1, -0.05) is 29.8 Å². The Morgan fingerprint density at radius 3 is 2.28 bits per heavy atom. The summed E-state index contributed by atoms with van der Waals surface area (Å²) in [6.07, 6.45) is -0.445. The van der Waals surface area contributed by atoms with E-state index in [0.29, 0.717) is 16.3 Å². The third-order valence-electron chi connectivity index (χ3n) is 3.76. The first-order valence-corrected chi connectivity index (χ1v) is 9.09. The van der Waals surface area contributed by atoms with Gasteiger partial charge in [-0.3, -0.25) is 30.0 Å². The first-order chi connectivity index (χ1) is 13.8. The lowest BCUT2D eigenvalue weighted by Crippen LogP contribution is -2.41. The molecule has 9 heteroatoms. The molecule has 152 valence electrons. The summed E-state index contributed by atoms with van der Waals surface area (Å²) in [5.41, 5.74) is 6.24. The minimum absolute atomic E-state index is 0.209. The number of carbonyl (C=O) groups excluding carboxylic acids is 4. The number of rotatable bonds is 7. The molecule has 3 N–H and O–H groups in total. The predicted octanol–water partition coefficient (Wildman–Crippen LogP) is 2.37. The van der Waals surface area contributed by atoms with Gasteiger partial charge in [0.25, 0.3) is 11.8 Å². The third kappa shape index (κ3) is 7.63. The second-order valence-electron chi connectivity index (χ2n) is 6.03. The number of nitrogens with one attached hydrogen (secondary N) is 3. The van der Waals surface area contributed by atoms with Crippen molar-refractivity contribution in [2.24, 2.45) is 0 Å².